The smallest absolute Gasteiger partial charge is 0.0648 e. The quantitative estimate of drug-likeness (QED) is 0.138. The van der Waals surface area contributed by atoms with E-state index in [0.29, 0.717) is 0 Å². The Morgan fingerprint density at radius 1 is 0.439 bits per heavy atom. The van der Waals surface area contributed by atoms with Gasteiger partial charge in [0, 0.05) is 44.0 Å². The van der Waals surface area contributed by atoms with Crippen molar-refractivity contribution in [1.82, 2.24) is 9.13 Å². The first-order valence-corrected chi connectivity index (χ1v) is 19.6. The molecule has 0 aliphatic heterocycles. The largest absolute Gasteiger partial charge is 0.308 e. The second kappa shape index (κ2) is 14.3. The van der Waals surface area contributed by atoms with E-state index in [1.807, 2.05) is 12.2 Å². The zero-order valence-electron chi connectivity index (χ0n) is 31.8. The van der Waals surface area contributed by atoms with Gasteiger partial charge in [0.2, 0.25) is 0 Å². The molecule has 0 atom stereocenters. The molecule has 0 aliphatic carbocycles. The molecule has 270 valence electrons. The molecule has 2 aromatic heterocycles. The summed E-state index contributed by atoms with van der Waals surface area (Å²) in [5.74, 6) is 0. The lowest BCUT2D eigenvalue weighted by Crippen LogP contribution is -2.00. The minimum absolute atomic E-state index is 1.11. The van der Waals surface area contributed by atoms with Crippen LogP contribution in [0.25, 0.3) is 93.9 Å². The molecule has 0 spiro atoms. The molecule has 10 rings (SSSR count). The summed E-state index contributed by atoms with van der Waals surface area (Å²) >= 11 is 0. The minimum atomic E-state index is 1.11. The number of nitrogens with zero attached hydrogens (tertiary/aromatic N) is 2. The van der Waals surface area contributed by atoms with Crippen LogP contribution in [0.4, 0.5) is 0 Å². The maximum atomic E-state index is 3.86. The molecule has 0 amide bonds. The van der Waals surface area contributed by atoms with E-state index in [9.17, 15) is 0 Å². The van der Waals surface area contributed by atoms with Crippen LogP contribution in [0.2, 0.25) is 0 Å². The van der Waals surface area contributed by atoms with Crippen molar-refractivity contribution in [3.05, 3.63) is 225 Å². The number of fused-ring (bicyclic) bond motifs is 7. The number of rotatable bonds is 8. The van der Waals surface area contributed by atoms with Gasteiger partial charge in [-0.1, -0.05) is 183 Å². The van der Waals surface area contributed by atoms with Gasteiger partial charge in [-0.3, -0.25) is 0 Å². The van der Waals surface area contributed by atoms with Crippen molar-refractivity contribution in [2.45, 2.75) is 6.92 Å². The third-order valence-corrected chi connectivity index (χ3v) is 11.2. The minimum Gasteiger partial charge on any atom is -0.308 e. The third kappa shape index (κ3) is 5.73. The number of allylic oxidation sites excluding steroid dienone is 5. The maximum absolute atomic E-state index is 3.86. The number of aromatic nitrogens is 2. The van der Waals surface area contributed by atoms with Crippen molar-refractivity contribution in [3.63, 3.8) is 0 Å². The molecule has 0 N–H and O–H groups in total. The van der Waals surface area contributed by atoms with E-state index in [-0.39, 0.29) is 0 Å². The Hall–Kier alpha value is -7.42. The first-order valence-electron chi connectivity index (χ1n) is 19.6. The zero-order valence-corrected chi connectivity index (χ0v) is 31.8. The van der Waals surface area contributed by atoms with Crippen molar-refractivity contribution in [3.8, 4) is 44.8 Å². The molecule has 0 saturated carbocycles. The van der Waals surface area contributed by atoms with Crippen LogP contribution in [0, 0.1) is 0 Å². The Morgan fingerprint density at radius 2 is 0.947 bits per heavy atom. The van der Waals surface area contributed by atoms with E-state index in [1.165, 1.54) is 82.6 Å². The molecule has 2 nitrogen and oxygen atoms in total. The fourth-order valence-corrected chi connectivity index (χ4v) is 8.73. The fraction of sp³-hybridized carbons (Fsp3) is 0.0182. The van der Waals surface area contributed by atoms with E-state index < -0.39 is 0 Å². The van der Waals surface area contributed by atoms with Gasteiger partial charge in [0.05, 0.1) is 22.1 Å². The van der Waals surface area contributed by atoms with Gasteiger partial charge < -0.3 is 9.13 Å². The number of para-hydroxylation sites is 2. The van der Waals surface area contributed by atoms with E-state index in [4.69, 9.17) is 0 Å². The maximum Gasteiger partial charge on any atom is 0.0648 e. The van der Waals surface area contributed by atoms with Gasteiger partial charge >= 0.3 is 0 Å². The Balaban J connectivity index is 1.45. The van der Waals surface area contributed by atoms with E-state index in [2.05, 4.69) is 223 Å². The molecular weight excluding hydrogens is 689 g/mol. The average Bonchev–Trinajstić information content (AvgIpc) is 3.80. The van der Waals surface area contributed by atoms with Crippen molar-refractivity contribution >= 4 is 49.2 Å². The van der Waals surface area contributed by atoms with Crippen LogP contribution >= 0.6 is 0 Å². The molecule has 2 heteroatoms. The summed E-state index contributed by atoms with van der Waals surface area (Å²) in [5.41, 5.74) is 16.5. The Labute approximate surface area is 333 Å². The molecule has 0 saturated heterocycles. The highest BCUT2D eigenvalue weighted by Gasteiger charge is 2.28. The SMILES string of the molecule is C=C/C=C\C=C(/C)c1cccc(-n2c3ccccc3c3c2c(-c2ccccc2)c(-c2ccccc2)c2c4ccccc4n(-c4cccc(-c5ccccc5)c4)c23)c1. The van der Waals surface area contributed by atoms with Crippen LogP contribution in [-0.4, -0.2) is 9.13 Å². The van der Waals surface area contributed by atoms with Crippen molar-refractivity contribution in [2.75, 3.05) is 0 Å². The summed E-state index contributed by atoms with van der Waals surface area (Å²) in [6.07, 6.45) is 7.99. The lowest BCUT2D eigenvalue weighted by Gasteiger charge is -2.19. The molecule has 0 fully saturated rings. The first-order chi connectivity index (χ1) is 28.2. The predicted molar refractivity (Wildman–Crippen MR) is 244 cm³/mol. The highest BCUT2D eigenvalue weighted by molar-refractivity contribution is 6.34. The van der Waals surface area contributed by atoms with Crippen molar-refractivity contribution in [2.24, 2.45) is 0 Å². The third-order valence-electron chi connectivity index (χ3n) is 11.2. The molecule has 8 aromatic carbocycles. The molecule has 57 heavy (non-hydrogen) atoms. The van der Waals surface area contributed by atoms with Gasteiger partial charge in [0.15, 0.2) is 0 Å². The van der Waals surface area contributed by atoms with Gasteiger partial charge in [0.1, 0.15) is 0 Å². The summed E-state index contributed by atoms with van der Waals surface area (Å²) in [6, 6.07) is 68.5. The lowest BCUT2D eigenvalue weighted by molar-refractivity contribution is 1.17. The molecule has 10 aromatic rings. The van der Waals surface area contributed by atoms with Gasteiger partial charge in [0.25, 0.3) is 0 Å². The summed E-state index contributed by atoms with van der Waals surface area (Å²) in [6.45, 7) is 6.03. The molecule has 0 bridgehead atoms. The van der Waals surface area contributed by atoms with Crippen LogP contribution in [0.1, 0.15) is 12.5 Å². The molecule has 0 unspecified atom stereocenters. The van der Waals surface area contributed by atoms with Gasteiger partial charge in [-0.2, -0.15) is 0 Å². The predicted octanol–water partition coefficient (Wildman–Crippen LogP) is 15.0. The molecule has 0 aliphatic rings. The second-order valence-corrected chi connectivity index (χ2v) is 14.6. The zero-order chi connectivity index (χ0) is 38.3. The van der Waals surface area contributed by atoms with Crippen LogP contribution in [-0.2, 0) is 0 Å². The van der Waals surface area contributed by atoms with E-state index in [0.717, 1.165) is 16.9 Å². The highest BCUT2D eigenvalue weighted by Crippen LogP contribution is 2.52. The lowest BCUT2D eigenvalue weighted by atomic mass is 9.88. The topological polar surface area (TPSA) is 9.86 Å². The van der Waals surface area contributed by atoms with E-state index >= 15 is 0 Å². The summed E-state index contributed by atoms with van der Waals surface area (Å²) in [4.78, 5) is 0. The van der Waals surface area contributed by atoms with Crippen LogP contribution < -0.4 is 0 Å². The monoisotopic (exact) mass is 728 g/mol. The van der Waals surface area contributed by atoms with Crippen molar-refractivity contribution in [1.29, 1.82) is 0 Å². The molecule has 0 radical (unpaired) electrons. The summed E-state index contributed by atoms with van der Waals surface area (Å²) in [5, 5.41) is 4.91. The van der Waals surface area contributed by atoms with Gasteiger partial charge in [-0.15, -0.1) is 0 Å². The Bertz CT molecular complexity index is 3180. The number of hydrogen-bond donors (Lipinski definition) is 0. The Kier molecular flexibility index (Phi) is 8.58. The van der Waals surface area contributed by atoms with Crippen LogP contribution in [0.15, 0.2) is 219 Å². The first kappa shape index (κ1) is 34.1. The molecular formula is C55H40N2. The van der Waals surface area contributed by atoms with Crippen molar-refractivity contribution < 1.29 is 0 Å². The average molecular weight is 729 g/mol. The second-order valence-electron chi connectivity index (χ2n) is 14.6. The fourth-order valence-electron chi connectivity index (χ4n) is 8.73. The summed E-state index contributed by atoms with van der Waals surface area (Å²) < 4.78 is 5.03. The highest BCUT2D eigenvalue weighted by atomic mass is 15.0. The number of benzene rings is 8. The Morgan fingerprint density at radius 3 is 1.60 bits per heavy atom. The van der Waals surface area contributed by atoms with Crippen LogP contribution in [0.3, 0.4) is 0 Å². The summed E-state index contributed by atoms with van der Waals surface area (Å²) in [7, 11) is 0. The van der Waals surface area contributed by atoms with Gasteiger partial charge in [-0.05, 0) is 76.7 Å². The van der Waals surface area contributed by atoms with Gasteiger partial charge in [-0.25, -0.2) is 0 Å². The standard InChI is InChI=1S/C55H40N2/c1-3-4-8-21-38(2)42-28-19-30-44(36-42)56-49-35-18-16-33-47(49)53-54(56)51(41-26-13-7-14-27-41)50(40-24-11-6-12-25-40)52-46-32-15-17-34-48(46)57(55(52)53)45-31-20-29-43(37-45)39-22-9-5-10-23-39/h3-37H,1H2,2H3/b8-4-,38-21+. The number of hydrogen-bond acceptors (Lipinski definition) is 0. The normalized spacial score (nSPS) is 12.1. The van der Waals surface area contributed by atoms with Crippen LogP contribution in [0.5, 0.6) is 0 Å². The molecule has 2 heterocycles. The van der Waals surface area contributed by atoms with E-state index in [1.54, 1.807) is 0 Å².